The molecule has 7 rings (SSSR count). The Morgan fingerprint density at radius 2 is 1.77 bits per heavy atom. The molecule has 1 saturated carbocycles. The van der Waals surface area contributed by atoms with Crippen LogP contribution in [0.3, 0.4) is 0 Å². The Kier molecular flexibility index (Phi) is 8.21. The van der Waals surface area contributed by atoms with Crippen LogP contribution in [0.15, 0.2) is 30.3 Å². The van der Waals surface area contributed by atoms with Crippen molar-refractivity contribution < 1.29 is 9.47 Å². The van der Waals surface area contributed by atoms with E-state index in [1.165, 1.54) is 36.8 Å². The molecule has 5 aliphatic rings. The molecule has 0 spiro atoms. The number of hydrogen-bond acceptors (Lipinski definition) is 8. The zero-order chi connectivity index (χ0) is 26.2. The van der Waals surface area contributed by atoms with E-state index < -0.39 is 0 Å². The molecular weight excluding hydrogens is 524 g/mol. The van der Waals surface area contributed by atoms with Gasteiger partial charge < -0.3 is 19.7 Å². The number of pyridine rings is 1. The van der Waals surface area contributed by atoms with Crippen LogP contribution in [0.1, 0.15) is 47.9 Å². The van der Waals surface area contributed by atoms with Gasteiger partial charge in [-0.15, -0.1) is 12.4 Å². The number of aromatic nitrogens is 1. The van der Waals surface area contributed by atoms with Gasteiger partial charge in [-0.25, -0.2) is 0 Å². The van der Waals surface area contributed by atoms with Crippen molar-refractivity contribution >= 4 is 18.2 Å². The van der Waals surface area contributed by atoms with Crippen LogP contribution in [0.5, 0.6) is 5.88 Å². The van der Waals surface area contributed by atoms with Gasteiger partial charge in [0.15, 0.2) is 0 Å². The van der Waals surface area contributed by atoms with E-state index in [2.05, 4.69) is 56.4 Å². The van der Waals surface area contributed by atoms with Gasteiger partial charge in [0, 0.05) is 75.4 Å². The molecule has 4 fully saturated rings. The van der Waals surface area contributed by atoms with E-state index >= 15 is 0 Å². The largest absolute Gasteiger partial charge is 0.476 e. The number of fused-ring (bicyclic) bond motifs is 3. The molecule has 0 radical (unpaired) electrons. The Bertz CT molecular complexity index is 1210. The van der Waals surface area contributed by atoms with E-state index in [4.69, 9.17) is 14.5 Å². The van der Waals surface area contributed by atoms with Crippen molar-refractivity contribution in [3.63, 3.8) is 0 Å². The minimum Gasteiger partial charge on any atom is -0.476 e. The SMILES string of the molecule is Cl.N#Cc1c(OCC2(CN3CCOCC3)CC2)nc(N2C[C@H]3CC[C@@H](C2)N3)c2c1CN(Cc1ccccc1)CC2. The summed E-state index contributed by atoms with van der Waals surface area (Å²) in [5.41, 5.74) is 4.52. The average molecular weight is 565 g/mol. The molecular formula is C31H41ClN6O2. The molecule has 214 valence electrons. The van der Waals surface area contributed by atoms with Gasteiger partial charge in [-0.05, 0) is 43.2 Å². The highest BCUT2D eigenvalue weighted by atomic mass is 35.5. The van der Waals surface area contributed by atoms with Crippen molar-refractivity contribution in [1.29, 1.82) is 5.26 Å². The highest BCUT2D eigenvalue weighted by Crippen LogP contribution is 2.47. The molecule has 1 aliphatic carbocycles. The van der Waals surface area contributed by atoms with Crippen molar-refractivity contribution in [2.24, 2.45) is 5.41 Å². The number of nitrogens with zero attached hydrogens (tertiary/aromatic N) is 5. The van der Waals surface area contributed by atoms with E-state index in [0.717, 1.165) is 83.4 Å². The second kappa shape index (κ2) is 11.8. The van der Waals surface area contributed by atoms with E-state index in [9.17, 15) is 5.26 Å². The van der Waals surface area contributed by atoms with Crippen LogP contribution in [0.2, 0.25) is 0 Å². The number of rotatable bonds is 8. The van der Waals surface area contributed by atoms with Gasteiger partial charge in [-0.2, -0.15) is 10.2 Å². The van der Waals surface area contributed by atoms with Crippen molar-refractivity contribution in [3.05, 3.63) is 52.6 Å². The van der Waals surface area contributed by atoms with E-state index in [-0.39, 0.29) is 17.8 Å². The van der Waals surface area contributed by atoms with Crippen LogP contribution < -0.4 is 15.0 Å². The highest BCUT2D eigenvalue weighted by Gasteiger charge is 2.45. The van der Waals surface area contributed by atoms with E-state index in [1.54, 1.807) is 0 Å². The normalized spacial score (nSPS) is 25.5. The van der Waals surface area contributed by atoms with Gasteiger partial charge in [0.25, 0.3) is 0 Å². The lowest BCUT2D eigenvalue weighted by Crippen LogP contribution is -2.52. The third-order valence-electron chi connectivity index (χ3n) is 9.43. The minimum absolute atomic E-state index is 0. The summed E-state index contributed by atoms with van der Waals surface area (Å²) in [5, 5.41) is 14.2. The third-order valence-corrected chi connectivity index (χ3v) is 9.43. The van der Waals surface area contributed by atoms with Gasteiger partial charge in [-0.1, -0.05) is 30.3 Å². The van der Waals surface area contributed by atoms with Gasteiger partial charge in [0.1, 0.15) is 17.5 Å². The van der Waals surface area contributed by atoms with Gasteiger partial charge in [0.05, 0.1) is 19.8 Å². The first kappa shape index (κ1) is 27.7. The lowest BCUT2D eigenvalue weighted by Gasteiger charge is -2.38. The molecule has 40 heavy (non-hydrogen) atoms. The number of ether oxygens (including phenoxy) is 2. The van der Waals surface area contributed by atoms with Gasteiger partial charge >= 0.3 is 0 Å². The fraction of sp³-hybridized carbons (Fsp3) is 0.613. The molecule has 2 aromatic rings. The summed E-state index contributed by atoms with van der Waals surface area (Å²) in [4.78, 5) is 12.6. The molecule has 2 atom stereocenters. The lowest BCUT2D eigenvalue weighted by molar-refractivity contribution is 0.0233. The van der Waals surface area contributed by atoms with Crippen LogP contribution in [-0.2, 0) is 24.2 Å². The number of benzene rings is 1. The van der Waals surface area contributed by atoms with Crippen LogP contribution in [0, 0.1) is 16.7 Å². The first-order valence-electron chi connectivity index (χ1n) is 14.8. The summed E-state index contributed by atoms with van der Waals surface area (Å²) >= 11 is 0. The number of hydrogen-bond donors (Lipinski definition) is 1. The molecule has 4 aliphatic heterocycles. The van der Waals surface area contributed by atoms with Gasteiger partial charge in [-0.3, -0.25) is 9.80 Å². The van der Waals surface area contributed by atoms with E-state index in [1.807, 2.05) is 0 Å². The number of morpholine rings is 1. The first-order valence-corrected chi connectivity index (χ1v) is 14.8. The van der Waals surface area contributed by atoms with Crippen LogP contribution in [-0.4, -0.2) is 86.0 Å². The maximum atomic E-state index is 10.4. The van der Waals surface area contributed by atoms with Crippen molar-refractivity contribution in [2.45, 2.75) is 57.3 Å². The van der Waals surface area contributed by atoms with Crippen molar-refractivity contribution in [3.8, 4) is 11.9 Å². The first-order chi connectivity index (χ1) is 19.2. The molecule has 9 heteroatoms. The number of nitrogens with one attached hydrogen (secondary N) is 1. The summed E-state index contributed by atoms with van der Waals surface area (Å²) in [7, 11) is 0. The smallest absolute Gasteiger partial charge is 0.234 e. The van der Waals surface area contributed by atoms with Crippen LogP contribution >= 0.6 is 12.4 Å². The Labute approximate surface area is 244 Å². The molecule has 5 heterocycles. The summed E-state index contributed by atoms with van der Waals surface area (Å²) in [6, 6.07) is 14.2. The lowest BCUT2D eigenvalue weighted by atomic mass is 9.95. The monoisotopic (exact) mass is 564 g/mol. The summed E-state index contributed by atoms with van der Waals surface area (Å²) < 4.78 is 12.1. The molecule has 1 N–H and O–H groups in total. The zero-order valence-electron chi connectivity index (χ0n) is 23.3. The Morgan fingerprint density at radius 3 is 2.48 bits per heavy atom. The van der Waals surface area contributed by atoms with Crippen LogP contribution in [0.25, 0.3) is 0 Å². The standard InChI is InChI=1S/C31H40N6O2.ClH/c32-16-27-28-20-36(17-23-4-2-1-3-5-23)11-8-26(28)29(37-18-24-6-7-25(19-37)33-24)34-30(27)39-22-31(9-10-31)21-35-12-14-38-15-13-35;/h1-5,24-25,33H,6-15,17-22H2;1H/t24-,25+;. The van der Waals surface area contributed by atoms with Crippen LogP contribution in [0.4, 0.5) is 5.82 Å². The van der Waals surface area contributed by atoms with E-state index in [0.29, 0.717) is 30.1 Å². The average Bonchev–Trinajstić information content (AvgIpc) is 3.65. The predicted octanol–water partition coefficient (Wildman–Crippen LogP) is 3.37. The molecule has 3 saturated heterocycles. The maximum Gasteiger partial charge on any atom is 0.234 e. The summed E-state index contributed by atoms with van der Waals surface area (Å²) in [5.74, 6) is 1.61. The summed E-state index contributed by atoms with van der Waals surface area (Å²) in [6.45, 7) is 9.89. The maximum absolute atomic E-state index is 10.4. The topological polar surface area (TPSA) is 76.9 Å². The number of anilines is 1. The molecule has 0 unspecified atom stereocenters. The highest BCUT2D eigenvalue weighted by molar-refractivity contribution is 5.85. The van der Waals surface area contributed by atoms with Gasteiger partial charge in [0.2, 0.25) is 5.88 Å². The number of nitriles is 1. The predicted molar refractivity (Wildman–Crippen MR) is 157 cm³/mol. The Morgan fingerprint density at radius 1 is 1.02 bits per heavy atom. The number of piperazine rings is 1. The Hall–Kier alpha value is -2.41. The van der Waals surface area contributed by atoms with Crippen molar-refractivity contribution in [1.82, 2.24) is 20.1 Å². The minimum atomic E-state index is 0. The number of halogens is 1. The second-order valence-electron chi connectivity index (χ2n) is 12.4. The summed E-state index contributed by atoms with van der Waals surface area (Å²) in [6.07, 6.45) is 5.74. The van der Waals surface area contributed by atoms with Crippen molar-refractivity contribution in [2.75, 3.05) is 64.0 Å². The molecule has 1 aromatic heterocycles. The third kappa shape index (κ3) is 5.81. The molecule has 1 aromatic carbocycles. The fourth-order valence-electron chi connectivity index (χ4n) is 7.05. The zero-order valence-corrected chi connectivity index (χ0v) is 24.1. The fourth-order valence-corrected chi connectivity index (χ4v) is 7.05. The molecule has 2 bridgehead atoms. The second-order valence-corrected chi connectivity index (χ2v) is 12.4. The molecule has 8 nitrogen and oxygen atoms in total. The molecule has 0 amide bonds. The Balaban J connectivity index is 0.00000289. The quantitative estimate of drug-likeness (QED) is 0.523.